The van der Waals surface area contributed by atoms with E-state index in [9.17, 15) is 5.11 Å². The van der Waals surface area contributed by atoms with Crippen LogP contribution in [-0.4, -0.2) is 27.1 Å². The van der Waals surface area contributed by atoms with Crippen molar-refractivity contribution in [2.75, 3.05) is 12.5 Å². The molecule has 2 N–H and O–H groups in total. The molecule has 0 radical (unpaired) electrons. The summed E-state index contributed by atoms with van der Waals surface area (Å²) in [4.78, 5) is 0. The highest BCUT2D eigenvalue weighted by Crippen LogP contribution is 2.28. The zero-order chi connectivity index (χ0) is 12.3. The molecule has 0 spiro atoms. The standard InChI is InChI=1S/C11H12N4O2/c1-8(14-15-6-12-13-7-15)9-3-4-10(16)11(5-9)17-2/h3-7,14,16H,1H2,2H3. The van der Waals surface area contributed by atoms with Crippen molar-refractivity contribution in [3.63, 3.8) is 0 Å². The molecule has 0 amide bonds. The number of nitrogens with one attached hydrogen (secondary N) is 1. The first-order chi connectivity index (χ1) is 8.20. The molecule has 88 valence electrons. The third-order valence-electron chi connectivity index (χ3n) is 2.21. The van der Waals surface area contributed by atoms with Gasteiger partial charge in [-0.2, -0.15) is 0 Å². The van der Waals surface area contributed by atoms with E-state index in [4.69, 9.17) is 4.74 Å². The Morgan fingerprint density at radius 2 is 2.12 bits per heavy atom. The van der Waals surface area contributed by atoms with E-state index in [0.29, 0.717) is 11.4 Å². The molecule has 0 fully saturated rings. The fourth-order valence-corrected chi connectivity index (χ4v) is 1.34. The van der Waals surface area contributed by atoms with Crippen LogP contribution >= 0.6 is 0 Å². The van der Waals surface area contributed by atoms with Gasteiger partial charge in [0.2, 0.25) is 0 Å². The summed E-state index contributed by atoms with van der Waals surface area (Å²) in [6.45, 7) is 3.88. The number of aromatic nitrogens is 3. The lowest BCUT2D eigenvalue weighted by atomic mass is 10.1. The zero-order valence-electron chi connectivity index (χ0n) is 9.29. The number of phenolic OH excluding ortho intramolecular Hbond substituents is 1. The van der Waals surface area contributed by atoms with Gasteiger partial charge in [-0.1, -0.05) is 6.58 Å². The molecule has 0 bridgehead atoms. The highest BCUT2D eigenvalue weighted by molar-refractivity contribution is 5.69. The summed E-state index contributed by atoms with van der Waals surface area (Å²) < 4.78 is 6.59. The molecule has 17 heavy (non-hydrogen) atoms. The van der Waals surface area contributed by atoms with Crippen molar-refractivity contribution in [1.29, 1.82) is 0 Å². The minimum atomic E-state index is 0.0911. The first-order valence-corrected chi connectivity index (χ1v) is 4.88. The lowest BCUT2D eigenvalue weighted by molar-refractivity contribution is 0.373. The molecule has 0 aliphatic carbocycles. The first-order valence-electron chi connectivity index (χ1n) is 4.88. The van der Waals surface area contributed by atoms with Crippen molar-refractivity contribution in [1.82, 2.24) is 14.9 Å². The number of hydrogen-bond acceptors (Lipinski definition) is 5. The van der Waals surface area contributed by atoms with Crippen molar-refractivity contribution in [2.45, 2.75) is 0 Å². The first kappa shape index (κ1) is 11.0. The summed E-state index contributed by atoms with van der Waals surface area (Å²) in [6, 6.07) is 4.97. The Labute approximate surface area is 98.1 Å². The van der Waals surface area contributed by atoms with Crippen molar-refractivity contribution in [3.05, 3.63) is 43.0 Å². The van der Waals surface area contributed by atoms with Gasteiger partial charge in [0.15, 0.2) is 11.5 Å². The Balaban J connectivity index is 2.19. The van der Waals surface area contributed by atoms with Crippen molar-refractivity contribution in [2.24, 2.45) is 0 Å². The summed E-state index contributed by atoms with van der Waals surface area (Å²) in [5.74, 6) is 0.488. The van der Waals surface area contributed by atoms with Gasteiger partial charge in [-0.3, -0.25) is 5.43 Å². The molecule has 2 aromatic rings. The Morgan fingerprint density at radius 3 is 2.76 bits per heavy atom. The summed E-state index contributed by atoms with van der Waals surface area (Å²) in [5, 5.41) is 16.8. The number of rotatable bonds is 4. The maximum Gasteiger partial charge on any atom is 0.161 e. The van der Waals surface area contributed by atoms with Gasteiger partial charge in [0.05, 0.1) is 12.8 Å². The van der Waals surface area contributed by atoms with Crippen LogP contribution in [0.5, 0.6) is 11.5 Å². The van der Waals surface area contributed by atoms with Gasteiger partial charge in [-0.15, -0.1) is 10.2 Å². The molecule has 0 aliphatic heterocycles. The van der Waals surface area contributed by atoms with Gasteiger partial charge in [0.25, 0.3) is 0 Å². The molecule has 0 saturated carbocycles. The molecular weight excluding hydrogens is 220 g/mol. The third kappa shape index (κ3) is 2.36. The summed E-state index contributed by atoms with van der Waals surface area (Å²) in [7, 11) is 1.49. The van der Waals surface area contributed by atoms with E-state index in [0.717, 1.165) is 5.56 Å². The highest BCUT2D eigenvalue weighted by atomic mass is 16.5. The topological polar surface area (TPSA) is 72.2 Å². The van der Waals surface area contributed by atoms with E-state index in [-0.39, 0.29) is 5.75 Å². The lowest BCUT2D eigenvalue weighted by Gasteiger charge is -2.11. The van der Waals surface area contributed by atoms with E-state index in [1.165, 1.54) is 19.8 Å². The Kier molecular flexibility index (Phi) is 2.95. The zero-order valence-corrected chi connectivity index (χ0v) is 9.29. The van der Waals surface area contributed by atoms with E-state index < -0.39 is 0 Å². The average molecular weight is 232 g/mol. The van der Waals surface area contributed by atoms with Gasteiger partial charge in [0.1, 0.15) is 12.7 Å². The lowest BCUT2D eigenvalue weighted by Crippen LogP contribution is -2.10. The van der Waals surface area contributed by atoms with E-state index in [1.807, 2.05) is 0 Å². The summed E-state index contributed by atoms with van der Waals surface area (Å²) >= 11 is 0. The van der Waals surface area contributed by atoms with Gasteiger partial charge in [0, 0.05) is 5.56 Å². The van der Waals surface area contributed by atoms with Crippen LogP contribution in [0.1, 0.15) is 5.56 Å². The van der Waals surface area contributed by atoms with Crippen molar-refractivity contribution in [3.8, 4) is 11.5 Å². The van der Waals surface area contributed by atoms with Gasteiger partial charge in [-0.25, -0.2) is 4.68 Å². The number of ether oxygens (including phenoxy) is 1. The number of nitrogens with zero attached hydrogens (tertiary/aromatic N) is 3. The monoisotopic (exact) mass is 232 g/mol. The third-order valence-corrected chi connectivity index (χ3v) is 2.21. The van der Waals surface area contributed by atoms with Gasteiger partial charge in [-0.05, 0) is 18.2 Å². The summed E-state index contributed by atoms with van der Waals surface area (Å²) in [5.41, 5.74) is 4.41. The largest absolute Gasteiger partial charge is 0.504 e. The number of phenols is 1. The molecule has 1 aromatic heterocycles. The molecule has 0 saturated heterocycles. The molecule has 0 aliphatic rings. The number of methoxy groups -OCH3 is 1. The van der Waals surface area contributed by atoms with Crippen LogP contribution in [-0.2, 0) is 0 Å². The molecule has 0 unspecified atom stereocenters. The average Bonchev–Trinajstić information content (AvgIpc) is 2.82. The van der Waals surface area contributed by atoms with Crippen LogP contribution in [0.4, 0.5) is 0 Å². The van der Waals surface area contributed by atoms with Gasteiger partial charge < -0.3 is 9.84 Å². The van der Waals surface area contributed by atoms with Gasteiger partial charge >= 0.3 is 0 Å². The second kappa shape index (κ2) is 4.56. The Bertz CT molecular complexity index is 522. The maximum absolute atomic E-state index is 9.47. The molecule has 6 heteroatoms. The normalized spacial score (nSPS) is 9.94. The quantitative estimate of drug-likeness (QED) is 0.828. The molecule has 6 nitrogen and oxygen atoms in total. The summed E-state index contributed by atoms with van der Waals surface area (Å²) in [6.07, 6.45) is 3.03. The minimum Gasteiger partial charge on any atom is -0.504 e. The van der Waals surface area contributed by atoms with Crippen LogP contribution in [0.2, 0.25) is 0 Å². The highest BCUT2D eigenvalue weighted by Gasteiger charge is 2.05. The molecule has 0 atom stereocenters. The van der Waals surface area contributed by atoms with E-state index >= 15 is 0 Å². The minimum absolute atomic E-state index is 0.0911. The van der Waals surface area contributed by atoms with Crippen LogP contribution in [0.15, 0.2) is 37.4 Å². The predicted molar refractivity (Wildman–Crippen MR) is 63.1 cm³/mol. The van der Waals surface area contributed by atoms with E-state index in [2.05, 4.69) is 22.2 Å². The Hall–Kier alpha value is -2.50. The number of benzene rings is 1. The Morgan fingerprint density at radius 1 is 1.41 bits per heavy atom. The van der Waals surface area contributed by atoms with Crippen LogP contribution in [0.25, 0.3) is 5.70 Å². The SMILES string of the molecule is C=C(Nn1cnnc1)c1ccc(O)c(OC)c1. The molecule has 2 rings (SSSR count). The van der Waals surface area contributed by atoms with Crippen LogP contribution < -0.4 is 10.2 Å². The molecule has 1 heterocycles. The predicted octanol–water partition coefficient (Wildman–Crippen LogP) is 1.21. The van der Waals surface area contributed by atoms with Crippen molar-refractivity contribution < 1.29 is 9.84 Å². The smallest absolute Gasteiger partial charge is 0.161 e. The second-order valence-corrected chi connectivity index (χ2v) is 3.35. The van der Waals surface area contributed by atoms with Crippen LogP contribution in [0, 0.1) is 0 Å². The molecule has 1 aromatic carbocycles. The van der Waals surface area contributed by atoms with Crippen molar-refractivity contribution >= 4 is 5.70 Å². The second-order valence-electron chi connectivity index (χ2n) is 3.35. The number of aromatic hydroxyl groups is 1. The molecular formula is C11H12N4O2. The fraction of sp³-hybridized carbons (Fsp3) is 0.0909. The fourth-order valence-electron chi connectivity index (χ4n) is 1.34. The van der Waals surface area contributed by atoms with E-state index in [1.54, 1.807) is 22.9 Å². The number of hydrogen-bond donors (Lipinski definition) is 2. The van der Waals surface area contributed by atoms with Crippen LogP contribution in [0.3, 0.4) is 0 Å². The maximum atomic E-state index is 9.47.